The quantitative estimate of drug-likeness (QED) is 0.515. The maximum Gasteiger partial charge on any atom is 0.163 e. The molecule has 1 rings (SSSR count). The molecule has 0 aliphatic carbocycles. The van der Waals surface area contributed by atoms with Crippen molar-refractivity contribution in [1.82, 2.24) is 0 Å². The van der Waals surface area contributed by atoms with Gasteiger partial charge in [-0.05, 0) is 41.6 Å². The first kappa shape index (κ1) is 10.3. The minimum atomic E-state index is -0.0398. The lowest BCUT2D eigenvalue weighted by atomic mass is 10.1. The number of nitrogen functional groups attached to an aromatic ring is 1. The molecule has 0 saturated heterocycles. The fraction of sp³-hybridized carbons (Fsp3) is 0.222. The molecule has 0 spiro atoms. The van der Waals surface area contributed by atoms with E-state index in [0.717, 1.165) is 3.57 Å². The van der Waals surface area contributed by atoms with Gasteiger partial charge in [-0.15, -0.1) is 0 Å². The minimum Gasteiger partial charge on any atom is -0.495 e. The van der Waals surface area contributed by atoms with Crippen molar-refractivity contribution in [2.75, 3.05) is 12.8 Å². The zero-order valence-electron chi connectivity index (χ0n) is 7.43. The molecule has 4 heteroatoms. The largest absolute Gasteiger partial charge is 0.495 e. The van der Waals surface area contributed by atoms with Crippen molar-refractivity contribution in [3.05, 3.63) is 21.3 Å². The highest BCUT2D eigenvalue weighted by molar-refractivity contribution is 14.1. The van der Waals surface area contributed by atoms with Crippen LogP contribution in [0.15, 0.2) is 12.1 Å². The zero-order chi connectivity index (χ0) is 10.0. The summed E-state index contributed by atoms with van der Waals surface area (Å²) in [5.74, 6) is 0.560. The Hall–Kier alpha value is -0.780. The Morgan fingerprint density at radius 2 is 2.15 bits per heavy atom. The van der Waals surface area contributed by atoms with Gasteiger partial charge in [0.15, 0.2) is 5.78 Å². The van der Waals surface area contributed by atoms with Gasteiger partial charge in [0.2, 0.25) is 0 Å². The summed E-state index contributed by atoms with van der Waals surface area (Å²) in [5.41, 5.74) is 6.72. The third-order valence-corrected chi connectivity index (χ3v) is 2.45. The molecule has 70 valence electrons. The first-order valence-electron chi connectivity index (χ1n) is 3.70. The normalized spacial score (nSPS) is 9.77. The lowest BCUT2D eigenvalue weighted by molar-refractivity contribution is 0.101. The topological polar surface area (TPSA) is 52.3 Å². The second-order valence-corrected chi connectivity index (χ2v) is 3.80. The molecule has 0 radical (unpaired) electrons. The molecular weight excluding hydrogens is 281 g/mol. The fourth-order valence-electron chi connectivity index (χ4n) is 1.08. The van der Waals surface area contributed by atoms with Gasteiger partial charge in [-0.3, -0.25) is 4.79 Å². The van der Waals surface area contributed by atoms with Crippen molar-refractivity contribution in [3.8, 4) is 5.75 Å². The van der Waals surface area contributed by atoms with Crippen LogP contribution in [0.3, 0.4) is 0 Å². The Kier molecular flexibility index (Phi) is 3.13. The van der Waals surface area contributed by atoms with Crippen LogP contribution < -0.4 is 10.5 Å². The highest BCUT2D eigenvalue weighted by atomic mass is 127. The predicted molar refractivity (Wildman–Crippen MR) is 60.1 cm³/mol. The van der Waals surface area contributed by atoms with Gasteiger partial charge in [0, 0.05) is 5.69 Å². The van der Waals surface area contributed by atoms with Crippen molar-refractivity contribution in [2.24, 2.45) is 0 Å². The first-order valence-corrected chi connectivity index (χ1v) is 4.78. The number of ether oxygens (including phenoxy) is 1. The van der Waals surface area contributed by atoms with Crippen LogP contribution in [0.25, 0.3) is 0 Å². The van der Waals surface area contributed by atoms with E-state index in [0.29, 0.717) is 17.0 Å². The van der Waals surface area contributed by atoms with Crippen molar-refractivity contribution >= 4 is 34.1 Å². The van der Waals surface area contributed by atoms with Gasteiger partial charge >= 0.3 is 0 Å². The molecule has 0 amide bonds. The lowest BCUT2D eigenvalue weighted by Gasteiger charge is -2.08. The van der Waals surface area contributed by atoms with Crippen molar-refractivity contribution < 1.29 is 9.53 Å². The molecule has 0 aliphatic rings. The van der Waals surface area contributed by atoms with Crippen molar-refractivity contribution in [3.63, 3.8) is 0 Å². The molecule has 0 aromatic heterocycles. The number of benzene rings is 1. The molecule has 0 heterocycles. The van der Waals surface area contributed by atoms with Crippen LogP contribution in [0.4, 0.5) is 5.69 Å². The summed E-state index contributed by atoms with van der Waals surface area (Å²) in [6, 6.07) is 3.40. The number of anilines is 1. The second kappa shape index (κ2) is 3.95. The van der Waals surface area contributed by atoms with Crippen LogP contribution in [-0.4, -0.2) is 12.9 Å². The number of carbonyl (C=O) groups is 1. The molecule has 13 heavy (non-hydrogen) atoms. The SMILES string of the molecule is COc1c(I)cc(N)cc1C(C)=O. The summed E-state index contributed by atoms with van der Waals surface area (Å²) in [6.45, 7) is 1.49. The Labute approximate surface area is 90.4 Å². The molecule has 1 aromatic rings. The molecule has 0 atom stereocenters. The molecule has 0 aliphatic heterocycles. The molecule has 0 unspecified atom stereocenters. The predicted octanol–water partition coefficient (Wildman–Crippen LogP) is 2.08. The van der Waals surface area contributed by atoms with Gasteiger partial charge in [0.05, 0.1) is 16.2 Å². The van der Waals surface area contributed by atoms with Gasteiger partial charge in [0.1, 0.15) is 5.75 Å². The lowest BCUT2D eigenvalue weighted by Crippen LogP contribution is -2.01. The van der Waals surface area contributed by atoms with E-state index in [9.17, 15) is 4.79 Å². The summed E-state index contributed by atoms with van der Waals surface area (Å²) in [4.78, 5) is 11.2. The fourth-order valence-corrected chi connectivity index (χ4v) is 1.95. The number of hydrogen-bond donors (Lipinski definition) is 1. The van der Waals surface area contributed by atoms with Gasteiger partial charge in [-0.1, -0.05) is 0 Å². The van der Waals surface area contributed by atoms with E-state index in [-0.39, 0.29) is 5.78 Å². The third-order valence-electron chi connectivity index (χ3n) is 1.65. The van der Waals surface area contributed by atoms with Crippen molar-refractivity contribution in [2.45, 2.75) is 6.92 Å². The molecule has 0 bridgehead atoms. The monoisotopic (exact) mass is 291 g/mol. The molecule has 0 fully saturated rings. The Morgan fingerprint density at radius 3 is 2.62 bits per heavy atom. The average Bonchev–Trinajstić information content (AvgIpc) is 2.02. The summed E-state index contributed by atoms with van der Waals surface area (Å²) >= 11 is 2.09. The Morgan fingerprint density at radius 1 is 1.54 bits per heavy atom. The van der Waals surface area contributed by atoms with E-state index in [1.165, 1.54) is 6.92 Å². The summed E-state index contributed by atoms with van der Waals surface area (Å²) in [7, 11) is 1.54. The second-order valence-electron chi connectivity index (χ2n) is 2.64. The number of rotatable bonds is 2. The van der Waals surface area contributed by atoms with Gasteiger partial charge < -0.3 is 10.5 Å². The summed E-state index contributed by atoms with van der Waals surface area (Å²) in [6.07, 6.45) is 0. The van der Waals surface area contributed by atoms with Gasteiger partial charge in [-0.2, -0.15) is 0 Å². The number of carbonyl (C=O) groups excluding carboxylic acids is 1. The van der Waals surface area contributed by atoms with Crippen LogP contribution in [0, 0.1) is 3.57 Å². The van der Waals surface area contributed by atoms with Gasteiger partial charge in [-0.25, -0.2) is 0 Å². The molecule has 3 nitrogen and oxygen atoms in total. The maximum atomic E-state index is 11.2. The van der Waals surface area contributed by atoms with Crippen LogP contribution in [0.5, 0.6) is 5.75 Å². The maximum absolute atomic E-state index is 11.2. The van der Waals surface area contributed by atoms with Crippen LogP contribution >= 0.6 is 22.6 Å². The van der Waals surface area contributed by atoms with Crippen LogP contribution in [0.1, 0.15) is 17.3 Å². The number of Topliss-reactive ketones (excluding diaryl/α,β-unsaturated/α-hetero) is 1. The Bertz CT molecular complexity index is 350. The number of halogens is 1. The van der Waals surface area contributed by atoms with E-state index in [1.807, 2.05) is 0 Å². The van der Waals surface area contributed by atoms with E-state index in [2.05, 4.69) is 22.6 Å². The van der Waals surface area contributed by atoms with E-state index >= 15 is 0 Å². The summed E-state index contributed by atoms with van der Waals surface area (Å²) in [5, 5.41) is 0. The summed E-state index contributed by atoms with van der Waals surface area (Å²) < 4.78 is 5.96. The first-order chi connectivity index (χ1) is 6.06. The standard InChI is InChI=1S/C9H10INO2/c1-5(12)7-3-6(11)4-8(10)9(7)13-2/h3-4H,11H2,1-2H3. The average molecular weight is 291 g/mol. The molecular formula is C9H10INO2. The van der Waals surface area contributed by atoms with Crippen LogP contribution in [-0.2, 0) is 0 Å². The highest BCUT2D eigenvalue weighted by Gasteiger charge is 2.11. The molecule has 1 aromatic carbocycles. The Balaban J connectivity index is 3.38. The number of ketones is 1. The molecule has 0 saturated carbocycles. The highest BCUT2D eigenvalue weighted by Crippen LogP contribution is 2.28. The molecule has 2 N–H and O–H groups in total. The van der Waals surface area contributed by atoms with Crippen LogP contribution in [0.2, 0.25) is 0 Å². The van der Waals surface area contributed by atoms with E-state index in [1.54, 1.807) is 19.2 Å². The minimum absolute atomic E-state index is 0.0398. The number of hydrogen-bond acceptors (Lipinski definition) is 3. The number of nitrogens with two attached hydrogens (primary N) is 1. The van der Waals surface area contributed by atoms with Gasteiger partial charge in [0.25, 0.3) is 0 Å². The van der Waals surface area contributed by atoms with E-state index in [4.69, 9.17) is 10.5 Å². The smallest absolute Gasteiger partial charge is 0.163 e. The number of methoxy groups -OCH3 is 1. The zero-order valence-corrected chi connectivity index (χ0v) is 9.58. The van der Waals surface area contributed by atoms with E-state index < -0.39 is 0 Å². The van der Waals surface area contributed by atoms with Crippen molar-refractivity contribution in [1.29, 1.82) is 0 Å². The third kappa shape index (κ3) is 2.12.